The molecule has 0 fully saturated rings. The normalized spacial score (nSPS) is 19.7. The van der Waals surface area contributed by atoms with E-state index in [0.29, 0.717) is 13.1 Å². The van der Waals surface area contributed by atoms with E-state index >= 15 is 0 Å². The van der Waals surface area contributed by atoms with Gasteiger partial charge in [-0.2, -0.15) is 0 Å². The molecule has 1 aliphatic heterocycles. The standard InChI is InChI=1S/C20H35N3O2/c1-2-3-4-5-6-7-8-9-10-11-12-13-19-22-15-17-23(19,16-14-21)18-20(24)25/h8-9,15,17H,2-7,10-14,16,18,21H2,1H3/b9-8+. The van der Waals surface area contributed by atoms with E-state index in [1.165, 1.54) is 38.5 Å². The third kappa shape index (κ3) is 8.45. The number of nitrogens with zero attached hydrogens (tertiary/aromatic N) is 2. The van der Waals surface area contributed by atoms with Gasteiger partial charge in [0.05, 0.1) is 12.2 Å². The Morgan fingerprint density at radius 1 is 1.16 bits per heavy atom. The summed E-state index contributed by atoms with van der Waals surface area (Å²) in [6.07, 6.45) is 19.9. The molecular weight excluding hydrogens is 314 g/mol. The molecule has 1 aliphatic rings. The van der Waals surface area contributed by atoms with Crippen LogP contribution in [0.5, 0.6) is 0 Å². The Hall–Kier alpha value is -1.46. The lowest BCUT2D eigenvalue weighted by Gasteiger charge is -2.32. The monoisotopic (exact) mass is 349 g/mol. The van der Waals surface area contributed by atoms with Crippen LogP contribution in [0.4, 0.5) is 0 Å². The molecule has 5 heteroatoms. The lowest BCUT2D eigenvalue weighted by atomic mass is 10.1. The number of nitrogens with two attached hydrogens (primary N) is 1. The predicted molar refractivity (Wildman–Crippen MR) is 102 cm³/mol. The van der Waals surface area contributed by atoms with Crippen molar-refractivity contribution in [1.82, 2.24) is 0 Å². The average molecular weight is 350 g/mol. The van der Waals surface area contributed by atoms with Crippen LogP contribution in [0.1, 0.15) is 71.1 Å². The number of aliphatic carboxylic acids is 1. The first-order chi connectivity index (χ1) is 12.1. The van der Waals surface area contributed by atoms with Crippen LogP contribution in [-0.2, 0) is 4.79 Å². The van der Waals surface area contributed by atoms with Gasteiger partial charge in [0, 0.05) is 13.0 Å². The molecule has 2 N–H and O–H groups in total. The van der Waals surface area contributed by atoms with E-state index in [1.54, 1.807) is 6.20 Å². The summed E-state index contributed by atoms with van der Waals surface area (Å²) in [6, 6.07) is 0. The summed E-state index contributed by atoms with van der Waals surface area (Å²) in [7, 11) is 0. The van der Waals surface area contributed by atoms with E-state index in [1.807, 2.05) is 6.20 Å². The zero-order chi connectivity index (χ0) is 18.4. The van der Waals surface area contributed by atoms with Gasteiger partial charge in [0.15, 0.2) is 0 Å². The fourth-order valence-electron chi connectivity index (χ4n) is 3.27. The fourth-order valence-corrected chi connectivity index (χ4v) is 3.27. The number of quaternary nitrogens is 1. The molecule has 0 aromatic carbocycles. The molecule has 0 aliphatic carbocycles. The molecule has 0 amide bonds. The predicted octanol–water partition coefficient (Wildman–Crippen LogP) is 2.87. The van der Waals surface area contributed by atoms with Gasteiger partial charge in [-0.25, -0.2) is 9.48 Å². The first-order valence-corrected chi connectivity index (χ1v) is 9.81. The summed E-state index contributed by atoms with van der Waals surface area (Å²) in [5.41, 5.74) is 5.67. The molecule has 0 bridgehead atoms. The zero-order valence-electron chi connectivity index (χ0n) is 15.8. The van der Waals surface area contributed by atoms with Crippen molar-refractivity contribution < 1.29 is 14.4 Å². The number of aliphatic imine (C=N–C) groups is 1. The summed E-state index contributed by atoms with van der Waals surface area (Å²) < 4.78 is 0.229. The molecule has 1 rings (SSSR count). The van der Waals surface area contributed by atoms with Gasteiger partial charge >= 0.3 is 0 Å². The second-order valence-corrected chi connectivity index (χ2v) is 6.84. The summed E-state index contributed by atoms with van der Waals surface area (Å²) in [4.78, 5) is 15.5. The van der Waals surface area contributed by atoms with E-state index in [9.17, 15) is 9.90 Å². The third-order valence-corrected chi connectivity index (χ3v) is 4.69. The molecule has 1 atom stereocenters. The van der Waals surface area contributed by atoms with Crippen molar-refractivity contribution in [2.24, 2.45) is 10.7 Å². The summed E-state index contributed by atoms with van der Waals surface area (Å²) in [6.45, 7) is 3.15. The van der Waals surface area contributed by atoms with Crippen LogP contribution < -0.4 is 10.8 Å². The van der Waals surface area contributed by atoms with Gasteiger partial charge in [0.25, 0.3) is 0 Å². The zero-order valence-corrected chi connectivity index (χ0v) is 15.8. The number of carboxylic acids is 1. The summed E-state index contributed by atoms with van der Waals surface area (Å²) in [5.74, 6) is -0.163. The van der Waals surface area contributed by atoms with Crippen LogP contribution in [0.15, 0.2) is 29.5 Å². The molecule has 25 heavy (non-hydrogen) atoms. The second-order valence-electron chi connectivity index (χ2n) is 6.84. The Kier molecular flexibility index (Phi) is 11.1. The van der Waals surface area contributed by atoms with Gasteiger partial charge in [0.2, 0.25) is 5.84 Å². The molecule has 0 saturated heterocycles. The van der Waals surface area contributed by atoms with E-state index in [-0.39, 0.29) is 11.0 Å². The SMILES string of the molecule is CCCCCCC/C=C/CCCCC1=NC=C[N+]1(CCN)CC(=O)[O-]. The smallest absolute Gasteiger partial charge is 0.207 e. The quantitative estimate of drug-likeness (QED) is 0.280. The molecule has 0 aromatic rings. The van der Waals surface area contributed by atoms with E-state index in [0.717, 1.165) is 31.5 Å². The van der Waals surface area contributed by atoms with Crippen LogP contribution >= 0.6 is 0 Å². The van der Waals surface area contributed by atoms with Crippen molar-refractivity contribution in [3.05, 3.63) is 24.6 Å². The van der Waals surface area contributed by atoms with Crippen molar-refractivity contribution in [1.29, 1.82) is 0 Å². The van der Waals surface area contributed by atoms with Gasteiger partial charge in [-0.05, 0) is 32.1 Å². The minimum atomic E-state index is -1.06. The maximum atomic E-state index is 11.1. The minimum Gasteiger partial charge on any atom is -0.544 e. The van der Waals surface area contributed by atoms with Crippen LogP contribution in [0.25, 0.3) is 0 Å². The van der Waals surface area contributed by atoms with Gasteiger partial charge in [0.1, 0.15) is 19.3 Å². The maximum absolute atomic E-state index is 11.1. The molecule has 5 nitrogen and oxygen atoms in total. The average Bonchev–Trinajstić information content (AvgIpc) is 2.94. The highest BCUT2D eigenvalue weighted by molar-refractivity contribution is 5.80. The molecule has 0 saturated carbocycles. The summed E-state index contributed by atoms with van der Waals surface area (Å²) >= 11 is 0. The van der Waals surface area contributed by atoms with E-state index < -0.39 is 5.97 Å². The maximum Gasteiger partial charge on any atom is 0.207 e. The lowest BCUT2D eigenvalue weighted by molar-refractivity contribution is -0.780. The number of rotatable bonds is 15. The lowest BCUT2D eigenvalue weighted by Crippen LogP contribution is -2.55. The number of carbonyl (C=O) groups excluding carboxylic acids is 1. The van der Waals surface area contributed by atoms with E-state index in [4.69, 9.17) is 5.73 Å². The summed E-state index contributed by atoms with van der Waals surface area (Å²) in [5, 5.41) is 11.1. The Bertz CT molecular complexity index is 472. The van der Waals surface area contributed by atoms with E-state index in [2.05, 4.69) is 24.1 Å². The van der Waals surface area contributed by atoms with Gasteiger partial charge in [-0.1, -0.05) is 44.8 Å². The molecule has 0 spiro atoms. The molecule has 1 unspecified atom stereocenters. The van der Waals surface area contributed by atoms with Crippen molar-refractivity contribution in [3.8, 4) is 0 Å². The highest BCUT2D eigenvalue weighted by Crippen LogP contribution is 2.20. The van der Waals surface area contributed by atoms with Crippen molar-refractivity contribution >= 4 is 11.8 Å². The topological polar surface area (TPSA) is 78.5 Å². The number of carbonyl (C=O) groups is 1. The Labute approximate surface area is 152 Å². The first-order valence-electron chi connectivity index (χ1n) is 9.81. The molecule has 142 valence electrons. The highest BCUT2D eigenvalue weighted by Gasteiger charge is 2.34. The molecule has 0 radical (unpaired) electrons. The molecule has 1 heterocycles. The molecular formula is C20H35N3O2. The largest absolute Gasteiger partial charge is 0.544 e. The second kappa shape index (κ2) is 12.8. The van der Waals surface area contributed by atoms with Crippen LogP contribution in [-0.4, -0.2) is 35.9 Å². The van der Waals surface area contributed by atoms with Crippen molar-refractivity contribution in [2.45, 2.75) is 71.1 Å². The van der Waals surface area contributed by atoms with Gasteiger partial charge in [-0.3, -0.25) is 0 Å². The van der Waals surface area contributed by atoms with Crippen LogP contribution in [0.2, 0.25) is 0 Å². The number of allylic oxidation sites excluding steroid dienone is 2. The van der Waals surface area contributed by atoms with Crippen LogP contribution in [0, 0.1) is 0 Å². The van der Waals surface area contributed by atoms with Gasteiger partial charge < -0.3 is 15.6 Å². The van der Waals surface area contributed by atoms with Crippen molar-refractivity contribution in [2.75, 3.05) is 19.6 Å². The molecule has 0 aromatic heterocycles. The van der Waals surface area contributed by atoms with Crippen LogP contribution in [0.3, 0.4) is 0 Å². The fraction of sp³-hybridized carbons (Fsp3) is 0.700. The number of amidine groups is 1. The van der Waals surface area contributed by atoms with Gasteiger partial charge in [-0.15, -0.1) is 0 Å². The number of carboxylic acid groups (broad SMARTS) is 1. The Balaban J connectivity index is 2.21. The first kappa shape index (κ1) is 21.6. The highest BCUT2D eigenvalue weighted by atomic mass is 16.4. The Morgan fingerprint density at radius 2 is 1.84 bits per heavy atom. The number of unbranched alkanes of at least 4 members (excludes halogenated alkanes) is 7. The number of hydrogen-bond donors (Lipinski definition) is 1. The minimum absolute atomic E-state index is 0.0789. The number of hydrogen-bond acceptors (Lipinski definition) is 4. The third-order valence-electron chi connectivity index (χ3n) is 4.69. The Morgan fingerprint density at radius 3 is 2.48 bits per heavy atom. The van der Waals surface area contributed by atoms with Crippen molar-refractivity contribution in [3.63, 3.8) is 0 Å².